The largest absolute Gasteiger partial charge is 0.465 e. The first-order valence-electron chi connectivity index (χ1n) is 11.6. The molecule has 1 aromatic heterocycles. The van der Waals surface area contributed by atoms with Crippen LogP contribution < -0.4 is 21.3 Å². The average Bonchev–Trinajstić information content (AvgIpc) is 3.13. The molecule has 1 spiro atoms. The Bertz CT molecular complexity index is 1290. The van der Waals surface area contributed by atoms with Crippen molar-refractivity contribution in [1.29, 1.82) is 0 Å². The Morgan fingerprint density at radius 2 is 1.94 bits per heavy atom. The second kappa shape index (κ2) is 8.86. The van der Waals surface area contributed by atoms with Gasteiger partial charge in [0.25, 0.3) is 5.56 Å². The van der Waals surface area contributed by atoms with Gasteiger partial charge in [0.1, 0.15) is 16.7 Å². The molecule has 1 atom stereocenters. The zero-order chi connectivity index (χ0) is 24.7. The van der Waals surface area contributed by atoms with Crippen LogP contribution in [0.5, 0.6) is 5.75 Å². The molecule has 1 amide bonds. The summed E-state index contributed by atoms with van der Waals surface area (Å²) >= 11 is 0. The third-order valence-electron chi connectivity index (χ3n) is 6.96. The summed E-state index contributed by atoms with van der Waals surface area (Å²) in [5.41, 5.74) is 5.51. The number of amides is 1. The predicted octanol–water partition coefficient (Wildman–Crippen LogP) is 0.853. The molecular formula is C25H28N4O6. The van der Waals surface area contributed by atoms with Crippen molar-refractivity contribution < 1.29 is 23.8 Å². The van der Waals surface area contributed by atoms with E-state index in [4.69, 9.17) is 19.9 Å². The highest BCUT2D eigenvalue weighted by molar-refractivity contribution is 6.17. The number of hydrogen-bond donors (Lipinski definition) is 2. The van der Waals surface area contributed by atoms with E-state index >= 15 is 0 Å². The van der Waals surface area contributed by atoms with Gasteiger partial charge in [-0.15, -0.1) is 0 Å². The predicted molar refractivity (Wildman–Crippen MR) is 127 cm³/mol. The van der Waals surface area contributed by atoms with Crippen molar-refractivity contribution >= 4 is 17.6 Å². The fourth-order valence-electron chi connectivity index (χ4n) is 5.31. The molecular weight excluding hydrogens is 452 g/mol. The number of fused-ring (bicyclic) bond motifs is 4. The summed E-state index contributed by atoms with van der Waals surface area (Å²) in [6, 6.07) is 8.64. The van der Waals surface area contributed by atoms with Crippen molar-refractivity contribution in [3.8, 4) is 5.75 Å². The number of aryl methyl sites for hydroxylation is 1. The molecule has 3 aliphatic heterocycles. The number of hydrogen-bond acceptors (Lipinski definition) is 8. The maximum atomic E-state index is 14.1. The lowest BCUT2D eigenvalue weighted by Gasteiger charge is -2.35. The fraction of sp³-hybridized carbons (Fsp3) is 0.400. The first kappa shape index (κ1) is 23.1. The van der Waals surface area contributed by atoms with Crippen LogP contribution in [-0.2, 0) is 31.0 Å². The minimum Gasteiger partial charge on any atom is -0.465 e. The second-order valence-corrected chi connectivity index (χ2v) is 8.87. The molecule has 35 heavy (non-hydrogen) atoms. The normalized spacial score (nSPS) is 21.4. The molecule has 0 unspecified atom stereocenters. The minimum absolute atomic E-state index is 0.0616. The number of carbonyl (C=O) groups excluding carboxylic acids is 2. The molecule has 4 heterocycles. The maximum Gasteiger partial charge on any atom is 0.340 e. The summed E-state index contributed by atoms with van der Waals surface area (Å²) in [6.07, 6.45) is 0.734. The molecule has 0 saturated carbocycles. The van der Waals surface area contributed by atoms with Gasteiger partial charge < -0.3 is 29.8 Å². The maximum absolute atomic E-state index is 14.1. The molecule has 184 valence electrons. The highest BCUT2D eigenvalue weighted by Crippen LogP contribution is 2.52. The zero-order valence-corrected chi connectivity index (χ0v) is 19.8. The van der Waals surface area contributed by atoms with Gasteiger partial charge in [-0.25, -0.2) is 4.79 Å². The monoisotopic (exact) mass is 480 g/mol. The van der Waals surface area contributed by atoms with Gasteiger partial charge in [0, 0.05) is 49.2 Å². The minimum atomic E-state index is -1.78. The number of aromatic nitrogens is 1. The number of nitrogens with two attached hydrogens (primary N) is 1. The number of rotatable bonds is 5. The Morgan fingerprint density at radius 1 is 1.20 bits per heavy atom. The average molecular weight is 481 g/mol. The van der Waals surface area contributed by atoms with E-state index in [0.717, 1.165) is 26.1 Å². The molecule has 3 aliphatic rings. The third kappa shape index (κ3) is 3.52. The highest BCUT2D eigenvalue weighted by atomic mass is 16.5. The van der Waals surface area contributed by atoms with Gasteiger partial charge in [0.05, 0.1) is 25.9 Å². The molecule has 5 rings (SSSR count). The number of esters is 1. The van der Waals surface area contributed by atoms with E-state index in [9.17, 15) is 14.4 Å². The number of para-hydroxylation sites is 1. The zero-order valence-electron chi connectivity index (χ0n) is 19.8. The molecule has 0 aliphatic carbocycles. The van der Waals surface area contributed by atoms with Crippen molar-refractivity contribution in [3.05, 3.63) is 69.0 Å². The van der Waals surface area contributed by atoms with Gasteiger partial charge in [-0.3, -0.25) is 14.5 Å². The van der Waals surface area contributed by atoms with Crippen LogP contribution in [0.4, 0.5) is 5.69 Å². The molecule has 1 saturated heterocycles. The van der Waals surface area contributed by atoms with Crippen molar-refractivity contribution in [2.24, 2.45) is 5.73 Å². The molecule has 0 radical (unpaired) electrons. The lowest BCUT2D eigenvalue weighted by atomic mass is 9.68. The van der Waals surface area contributed by atoms with E-state index in [1.165, 1.54) is 7.11 Å². The molecule has 2 aromatic rings. The van der Waals surface area contributed by atoms with Crippen LogP contribution in [0.25, 0.3) is 0 Å². The van der Waals surface area contributed by atoms with Crippen molar-refractivity contribution in [1.82, 2.24) is 9.47 Å². The quantitative estimate of drug-likeness (QED) is 0.604. The van der Waals surface area contributed by atoms with Gasteiger partial charge in [0.2, 0.25) is 11.8 Å². The summed E-state index contributed by atoms with van der Waals surface area (Å²) in [5, 5.41) is 2.82. The van der Waals surface area contributed by atoms with Gasteiger partial charge in [-0.2, -0.15) is 0 Å². The van der Waals surface area contributed by atoms with Crippen molar-refractivity contribution in [2.75, 3.05) is 45.3 Å². The fourth-order valence-corrected chi connectivity index (χ4v) is 5.31. The van der Waals surface area contributed by atoms with Gasteiger partial charge in [-0.1, -0.05) is 18.2 Å². The lowest BCUT2D eigenvalue weighted by Crippen LogP contribution is -2.50. The van der Waals surface area contributed by atoms with Crippen LogP contribution in [0, 0.1) is 6.92 Å². The molecule has 1 fully saturated rings. The third-order valence-corrected chi connectivity index (χ3v) is 6.96. The highest BCUT2D eigenvalue weighted by Gasteiger charge is 2.60. The van der Waals surface area contributed by atoms with E-state index in [-0.39, 0.29) is 22.8 Å². The first-order chi connectivity index (χ1) is 16.9. The molecule has 10 heteroatoms. The van der Waals surface area contributed by atoms with Gasteiger partial charge in [-0.05, 0) is 19.4 Å². The second-order valence-electron chi connectivity index (χ2n) is 8.87. The van der Waals surface area contributed by atoms with Crippen LogP contribution in [0.15, 0.2) is 46.6 Å². The number of anilines is 1. The Morgan fingerprint density at radius 3 is 2.69 bits per heavy atom. The number of carbonyl (C=O) groups is 2. The summed E-state index contributed by atoms with van der Waals surface area (Å²) < 4.78 is 17.8. The lowest BCUT2D eigenvalue weighted by molar-refractivity contribution is -0.138. The van der Waals surface area contributed by atoms with Crippen LogP contribution in [0.1, 0.15) is 23.2 Å². The van der Waals surface area contributed by atoms with Gasteiger partial charge in [0.15, 0.2) is 0 Å². The SMILES string of the molecule is COC(=O)C1=C(N)Oc2cc(C)n(CCCN3CCOCC3)c(=O)c2[C@]12C(=O)Nc1ccccc12. The molecule has 10 nitrogen and oxygen atoms in total. The topological polar surface area (TPSA) is 125 Å². The number of ether oxygens (including phenoxy) is 3. The van der Waals surface area contributed by atoms with Crippen LogP contribution in [-0.4, -0.2) is 61.3 Å². The Kier molecular flexibility index (Phi) is 5.86. The van der Waals surface area contributed by atoms with E-state index in [1.807, 2.05) is 6.92 Å². The summed E-state index contributed by atoms with van der Waals surface area (Å²) in [5.74, 6) is -1.49. The first-order valence-corrected chi connectivity index (χ1v) is 11.6. The van der Waals surface area contributed by atoms with Crippen LogP contribution in [0.2, 0.25) is 0 Å². The molecule has 1 aromatic carbocycles. The van der Waals surface area contributed by atoms with Crippen LogP contribution in [0.3, 0.4) is 0 Å². The smallest absolute Gasteiger partial charge is 0.340 e. The summed E-state index contributed by atoms with van der Waals surface area (Å²) in [4.78, 5) is 43.0. The van der Waals surface area contributed by atoms with Crippen LogP contribution >= 0.6 is 0 Å². The Balaban J connectivity index is 1.65. The van der Waals surface area contributed by atoms with E-state index in [1.54, 1.807) is 34.9 Å². The summed E-state index contributed by atoms with van der Waals surface area (Å²) in [6.45, 7) is 6.20. The number of benzene rings is 1. The Hall–Kier alpha value is -3.63. The number of pyridine rings is 1. The van der Waals surface area contributed by atoms with Crippen molar-refractivity contribution in [3.63, 3.8) is 0 Å². The standard InChI is InChI=1S/C25H28N4O6/c1-15-14-18-19(22(30)29(15)9-5-8-28-10-12-34-13-11-28)25(20(21(26)35-18)23(31)33-2)16-6-3-4-7-17(16)27-24(25)32/h3-4,6-7,14H,5,8-13,26H2,1-2H3,(H,27,32)/t25-/m0/s1. The number of nitrogens with one attached hydrogen (secondary N) is 1. The van der Waals surface area contributed by atoms with Crippen molar-refractivity contribution in [2.45, 2.75) is 25.3 Å². The van der Waals surface area contributed by atoms with E-state index in [0.29, 0.717) is 36.7 Å². The van der Waals surface area contributed by atoms with Gasteiger partial charge >= 0.3 is 5.97 Å². The number of nitrogens with zero attached hydrogens (tertiary/aromatic N) is 2. The molecule has 0 bridgehead atoms. The van der Waals surface area contributed by atoms with E-state index in [2.05, 4.69) is 10.2 Å². The number of methoxy groups -OCH3 is 1. The van der Waals surface area contributed by atoms with E-state index < -0.39 is 22.9 Å². The number of morpholine rings is 1. The summed E-state index contributed by atoms with van der Waals surface area (Å²) in [7, 11) is 1.20. The Labute approximate surface area is 202 Å². The molecule has 3 N–H and O–H groups in total.